The summed E-state index contributed by atoms with van der Waals surface area (Å²) in [5, 5.41) is 9.60. The van der Waals surface area contributed by atoms with Gasteiger partial charge in [0.25, 0.3) is 0 Å². The highest BCUT2D eigenvalue weighted by Crippen LogP contribution is 2.46. The molecule has 1 saturated heterocycles. The largest absolute Gasteiger partial charge is 0.511 e. The molecule has 0 radical (unpaired) electrons. The average Bonchev–Trinajstić information content (AvgIpc) is 3.36. The second kappa shape index (κ2) is 10.8. The van der Waals surface area contributed by atoms with Gasteiger partial charge in [-0.3, -0.25) is 0 Å². The van der Waals surface area contributed by atoms with Gasteiger partial charge < -0.3 is 19.6 Å². The van der Waals surface area contributed by atoms with Gasteiger partial charge in [0.2, 0.25) is 5.95 Å². The van der Waals surface area contributed by atoms with Crippen molar-refractivity contribution in [2.24, 2.45) is 0 Å². The van der Waals surface area contributed by atoms with Crippen molar-refractivity contribution in [1.82, 2.24) is 9.97 Å². The SMILES string of the molecule is CN(C)c1nccc(N2CCC([N+](C)(C(=O)c3ccccc3Cl)[C@@H]3CCc4ccc(OC(=O)O)cc43)CC2)n1. The van der Waals surface area contributed by atoms with Gasteiger partial charge in [0.1, 0.15) is 17.6 Å². The van der Waals surface area contributed by atoms with Crippen LogP contribution in [0.15, 0.2) is 54.7 Å². The molecule has 2 atom stereocenters. The lowest BCUT2D eigenvalue weighted by Crippen LogP contribution is -2.60. The molecular formula is C29H33ClN5O4+. The van der Waals surface area contributed by atoms with Gasteiger partial charge in [0, 0.05) is 58.2 Å². The van der Waals surface area contributed by atoms with E-state index in [4.69, 9.17) is 26.4 Å². The number of ether oxygens (including phenoxy) is 1. The van der Waals surface area contributed by atoms with Crippen LogP contribution in [0, 0.1) is 0 Å². The monoisotopic (exact) mass is 550 g/mol. The zero-order chi connectivity index (χ0) is 27.7. The molecule has 2 heterocycles. The van der Waals surface area contributed by atoms with E-state index < -0.39 is 6.16 Å². The lowest BCUT2D eigenvalue weighted by atomic mass is 9.93. The summed E-state index contributed by atoms with van der Waals surface area (Å²) >= 11 is 6.55. The number of fused-ring (bicyclic) bond motifs is 1. The van der Waals surface area contributed by atoms with Gasteiger partial charge in [-0.15, -0.1) is 0 Å². The number of anilines is 2. The lowest BCUT2D eigenvalue weighted by Gasteiger charge is -2.47. The molecule has 1 N–H and O–H groups in total. The van der Waals surface area contributed by atoms with Crippen molar-refractivity contribution in [3.63, 3.8) is 0 Å². The van der Waals surface area contributed by atoms with E-state index in [1.54, 1.807) is 30.5 Å². The molecule has 0 spiro atoms. The lowest BCUT2D eigenvalue weighted by molar-refractivity contribution is -0.887. The van der Waals surface area contributed by atoms with Crippen LogP contribution in [0.25, 0.3) is 0 Å². The third kappa shape index (κ3) is 5.16. The first kappa shape index (κ1) is 26.9. The molecule has 1 unspecified atom stereocenters. The van der Waals surface area contributed by atoms with Crippen molar-refractivity contribution < 1.29 is 23.9 Å². The maximum atomic E-state index is 14.4. The molecule has 2 aliphatic rings. The number of benzene rings is 2. The number of carbonyl (C=O) groups is 2. The quantitative estimate of drug-likeness (QED) is 0.254. The van der Waals surface area contributed by atoms with Crippen LogP contribution in [-0.4, -0.2) is 71.9 Å². The minimum Gasteiger partial charge on any atom is -0.449 e. The number of hydrogen-bond donors (Lipinski definition) is 1. The topological polar surface area (TPSA) is 95.9 Å². The zero-order valence-corrected chi connectivity index (χ0v) is 23.1. The molecule has 1 fully saturated rings. The molecule has 0 saturated carbocycles. The third-order valence-corrected chi connectivity index (χ3v) is 8.46. The minimum atomic E-state index is -1.36. The second-order valence-corrected chi connectivity index (χ2v) is 11.0. The Bertz CT molecular complexity index is 1390. The van der Waals surface area contributed by atoms with Gasteiger partial charge >= 0.3 is 12.1 Å². The van der Waals surface area contributed by atoms with Crippen molar-refractivity contribution >= 4 is 35.4 Å². The van der Waals surface area contributed by atoms with Crippen molar-refractivity contribution in [2.45, 2.75) is 37.8 Å². The third-order valence-electron chi connectivity index (χ3n) is 8.13. The molecule has 9 nitrogen and oxygen atoms in total. The Morgan fingerprint density at radius 1 is 1.10 bits per heavy atom. The Kier molecular flexibility index (Phi) is 7.46. The molecule has 1 amide bonds. The van der Waals surface area contributed by atoms with Crippen LogP contribution in [-0.2, 0) is 6.42 Å². The van der Waals surface area contributed by atoms with Gasteiger partial charge in [-0.1, -0.05) is 29.8 Å². The van der Waals surface area contributed by atoms with E-state index in [1.165, 1.54) is 0 Å². The highest BCUT2D eigenvalue weighted by molar-refractivity contribution is 6.33. The van der Waals surface area contributed by atoms with E-state index in [0.29, 0.717) is 16.5 Å². The second-order valence-electron chi connectivity index (χ2n) is 10.5. The maximum Gasteiger partial charge on any atom is 0.511 e. The molecule has 1 aromatic heterocycles. The van der Waals surface area contributed by atoms with Crippen LogP contribution < -0.4 is 14.5 Å². The molecule has 1 aliphatic heterocycles. The Morgan fingerprint density at radius 2 is 1.85 bits per heavy atom. The molecule has 5 rings (SSSR count). The fourth-order valence-electron chi connectivity index (χ4n) is 6.10. The van der Waals surface area contributed by atoms with E-state index in [2.05, 4.69) is 9.88 Å². The fourth-order valence-corrected chi connectivity index (χ4v) is 6.31. The maximum absolute atomic E-state index is 14.4. The highest BCUT2D eigenvalue weighted by atomic mass is 35.5. The number of piperidine rings is 1. The first-order valence-corrected chi connectivity index (χ1v) is 13.5. The first-order valence-electron chi connectivity index (χ1n) is 13.1. The smallest absolute Gasteiger partial charge is 0.449 e. The number of halogens is 1. The molecule has 10 heteroatoms. The fraction of sp³-hybridized carbons (Fsp3) is 0.379. The van der Waals surface area contributed by atoms with Crippen LogP contribution in [0.5, 0.6) is 5.75 Å². The van der Waals surface area contributed by atoms with Crippen LogP contribution in [0.1, 0.15) is 46.8 Å². The number of hydrogen-bond acceptors (Lipinski definition) is 7. The van der Waals surface area contributed by atoms with Gasteiger partial charge in [-0.25, -0.2) is 19.1 Å². The first-order chi connectivity index (χ1) is 18.7. The summed E-state index contributed by atoms with van der Waals surface area (Å²) < 4.78 is 5.14. The highest BCUT2D eigenvalue weighted by Gasteiger charge is 2.51. The molecule has 39 heavy (non-hydrogen) atoms. The number of rotatable bonds is 6. The Hall–Kier alpha value is -3.69. The van der Waals surface area contributed by atoms with E-state index in [-0.39, 0.29) is 28.2 Å². The summed E-state index contributed by atoms with van der Waals surface area (Å²) in [4.78, 5) is 38.8. The van der Waals surface area contributed by atoms with Crippen LogP contribution in [0.4, 0.5) is 16.6 Å². The average molecular weight is 551 g/mol. The summed E-state index contributed by atoms with van der Waals surface area (Å²) in [5.41, 5.74) is 2.58. The summed E-state index contributed by atoms with van der Waals surface area (Å²) in [6.07, 6.45) is 3.57. The Labute approximate surface area is 233 Å². The van der Waals surface area contributed by atoms with Gasteiger partial charge in [-0.05, 0) is 42.3 Å². The van der Waals surface area contributed by atoms with E-state index >= 15 is 0 Å². The molecule has 2 aromatic carbocycles. The molecule has 0 bridgehead atoms. The van der Waals surface area contributed by atoms with E-state index in [0.717, 1.165) is 55.7 Å². The van der Waals surface area contributed by atoms with Crippen molar-refractivity contribution in [1.29, 1.82) is 0 Å². The van der Waals surface area contributed by atoms with Crippen molar-refractivity contribution in [2.75, 3.05) is 44.0 Å². The number of carboxylic acid groups (broad SMARTS) is 1. The van der Waals surface area contributed by atoms with Crippen LogP contribution in [0.3, 0.4) is 0 Å². The number of aryl methyl sites for hydroxylation is 1. The van der Waals surface area contributed by atoms with Gasteiger partial charge in [0.15, 0.2) is 0 Å². The summed E-state index contributed by atoms with van der Waals surface area (Å²) in [5.74, 6) is 1.77. The van der Waals surface area contributed by atoms with E-state index in [1.807, 2.05) is 50.3 Å². The number of aromatic nitrogens is 2. The molecule has 3 aromatic rings. The standard InChI is InChI=1S/C29H32ClN5O4/c1-33(2)28-31-15-12-26(32-28)34-16-13-20(14-17-34)35(3,27(36)22-6-4-5-7-24(22)30)25-11-9-19-8-10-21(18-23(19)25)39-29(37)38/h4-8,10,12,15,18,20,25H,9,11,13-14,16-17H2,1-3H3/p+1/t25-,35?/m1/s1. The van der Waals surface area contributed by atoms with Crippen molar-refractivity contribution in [3.05, 3.63) is 76.4 Å². The normalized spacial score (nSPS) is 18.8. The Morgan fingerprint density at radius 3 is 2.54 bits per heavy atom. The number of quaternary nitrogens is 1. The van der Waals surface area contributed by atoms with Crippen molar-refractivity contribution in [3.8, 4) is 5.75 Å². The number of amides is 1. The summed E-state index contributed by atoms with van der Waals surface area (Å²) in [6, 6.07) is 14.4. The number of carbonyl (C=O) groups excluding carboxylic acids is 1. The summed E-state index contributed by atoms with van der Waals surface area (Å²) in [7, 11) is 5.85. The Balaban J connectivity index is 1.49. The van der Waals surface area contributed by atoms with Crippen LogP contribution in [0.2, 0.25) is 5.02 Å². The number of nitrogens with zero attached hydrogens (tertiary/aromatic N) is 5. The molecular weight excluding hydrogens is 518 g/mol. The molecule has 1 aliphatic carbocycles. The summed E-state index contributed by atoms with van der Waals surface area (Å²) in [6.45, 7) is 1.50. The predicted octanol–water partition coefficient (Wildman–Crippen LogP) is 5.20. The predicted molar refractivity (Wildman–Crippen MR) is 150 cm³/mol. The zero-order valence-electron chi connectivity index (χ0n) is 22.4. The van der Waals surface area contributed by atoms with Gasteiger partial charge in [0.05, 0.1) is 23.7 Å². The van der Waals surface area contributed by atoms with Crippen LogP contribution >= 0.6 is 11.6 Å². The minimum absolute atomic E-state index is 0.0279. The van der Waals surface area contributed by atoms with E-state index in [9.17, 15) is 9.59 Å². The molecule has 204 valence electrons. The van der Waals surface area contributed by atoms with Gasteiger partial charge in [-0.2, -0.15) is 4.98 Å².